The molecule has 0 unspecified atom stereocenters. The van der Waals surface area contributed by atoms with Crippen molar-refractivity contribution in [3.05, 3.63) is 47.5 Å². The summed E-state index contributed by atoms with van der Waals surface area (Å²) >= 11 is 0. The van der Waals surface area contributed by atoms with E-state index in [0.29, 0.717) is 11.3 Å². The molecule has 5 nitrogen and oxygen atoms in total. The van der Waals surface area contributed by atoms with Gasteiger partial charge in [-0.2, -0.15) is 0 Å². The number of amides is 1. The first kappa shape index (κ1) is 15.5. The first-order valence-corrected chi connectivity index (χ1v) is 7.86. The maximum Gasteiger partial charge on any atom is 0.250 e. The number of rotatable bonds is 3. The van der Waals surface area contributed by atoms with E-state index in [0.717, 1.165) is 43.1 Å². The van der Waals surface area contributed by atoms with Gasteiger partial charge in [-0.05, 0) is 31.7 Å². The van der Waals surface area contributed by atoms with Crippen LogP contribution < -0.4 is 10.6 Å². The molecule has 3 rings (SSSR count). The van der Waals surface area contributed by atoms with Crippen LogP contribution in [0.1, 0.15) is 15.9 Å². The normalized spacial score (nSPS) is 15.7. The number of anilines is 1. The number of piperazine rings is 1. The number of nitrogens with two attached hydrogens (primary N) is 1. The average Bonchev–Trinajstić information content (AvgIpc) is 2.55. The van der Waals surface area contributed by atoms with E-state index in [1.165, 1.54) is 0 Å². The molecular weight excluding hydrogens is 288 g/mol. The zero-order chi connectivity index (χ0) is 16.4. The first-order valence-electron chi connectivity index (χ1n) is 7.86. The standard InChI is InChI=1S/C18H22N4O/c1-13-5-3-4-6-14(13)17-15(18(19)23)7-8-16(20-17)22-11-9-21(2)10-12-22/h3-8H,9-12H2,1-2H3,(H2,19,23). The number of pyridine rings is 1. The van der Waals surface area contributed by atoms with Crippen LogP contribution in [0.4, 0.5) is 5.82 Å². The Bertz CT molecular complexity index is 721. The molecule has 0 atom stereocenters. The zero-order valence-corrected chi connectivity index (χ0v) is 13.6. The molecule has 5 heteroatoms. The fraction of sp³-hybridized carbons (Fsp3) is 0.333. The van der Waals surface area contributed by atoms with E-state index >= 15 is 0 Å². The number of carbonyl (C=O) groups is 1. The molecule has 120 valence electrons. The molecule has 0 aliphatic carbocycles. The highest BCUT2D eigenvalue weighted by Gasteiger charge is 2.19. The maximum absolute atomic E-state index is 11.8. The number of nitrogens with zero attached hydrogens (tertiary/aromatic N) is 3. The van der Waals surface area contributed by atoms with Gasteiger partial charge >= 0.3 is 0 Å². The van der Waals surface area contributed by atoms with Crippen molar-refractivity contribution < 1.29 is 4.79 Å². The van der Waals surface area contributed by atoms with Crippen LogP contribution in [-0.2, 0) is 0 Å². The van der Waals surface area contributed by atoms with E-state index in [1.807, 2.05) is 37.3 Å². The van der Waals surface area contributed by atoms with Gasteiger partial charge in [-0.25, -0.2) is 4.98 Å². The smallest absolute Gasteiger partial charge is 0.250 e. The van der Waals surface area contributed by atoms with E-state index in [2.05, 4.69) is 16.8 Å². The van der Waals surface area contributed by atoms with Crippen molar-refractivity contribution in [2.24, 2.45) is 5.73 Å². The molecule has 0 saturated carbocycles. The molecule has 0 radical (unpaired) electrons. The highest BCUT2D eigenvalue weighted by atomic mass is 16.1. The van der Waals surface area contributed by atoms with Crippen LogP contribution in [0.5, 0.6) is 0 Å². The van der Waals surface area contributed by atoms with Crippen molar-refractivity contribution in [2.75, 3.05) is 38.1 Å². The number of primary amides is 1. The highest BCUT2D eigenvalue weighted by molar-refractivity contribution is 5.99. The van der Waals surface area contributed by atoms with Crippen LogP contribution >= 0.6 is 0 Å². The molecule has 1 saturated heterocycles. The van der Waals surface area contributed by atoms with Crippen molar-refractivity contribution in [1.82, 2.24) is 9.88 Å². The monoisotopic (exact) mass is 310 g/mol. The molecule has 23 heavy (non-hydrogen) atoms. The largest absolute Gasteiger partial charge is 0.366 e. The predicted molar refractivity (Wildman–Crippen MR) is 92.6 cm³/mol. The lowest BCUT2D eigenvalue weighted by atomic mass is 10.0. The number of aromatic nitrogens is 1. The number of likely N-dealkylation sites (N-methyl/N-ethyl adjacent to an activating group) is 1. The minimum Gasteiger partial charge on any atom is -0.366 e. The summed E-state index contributed by atoms with van der Waals surface area (Å²) in [5.41, 5.74) is 8.73. The van der Waals surface area contributed by atoms with Crippen LogP contribution in [0.25, 0.3) is 11.3 Å². The molecule has 2 heterocycles. The number of hydrogen-bond donors (Lipinski definition) is 1. The molecular formula is C18H22N4O. The maximum atomic E-state index is 11.8. The Morgan fingerprint density at radius 2 is 1.78 bits per heavy atom. The first-order chi connectivity index (χ1) is 11.1. The number of aryl methyl sites for hydroxylation is 1. The van der Waals surface area contributed by atoms with Gasteiger partial charge < -0.3 is 15.5 Å². The third-order valence-electron chi connectivity index (χ3n) is 4.37. The van der Waals surface area contributed by atoms with Crippen molar-refractivity contribution in [2.45, 2.75) is 6.92 Å². The summed E-state index contributed by atoms with van der Waals surface area (Å²) in [7, 11) is 2.12. The molecule has 1 aliphatic rings. The lowest BCUT2D eigenvalue weighted by Gasteiger charge is -2.33. The molecule has 1 amide bonds. The van der Waals surface area contributed by atoms with Gasteiger partial charge in [-0.3, -0.25) is 4.79 Å². The summed E-state index contributed by atoms with van der Waals surface area (Å²) < 4.78 is 0. The van der Waals surface area contributed by atoms with Crippen molar-refractivity contribution in [1.29, 1.82) is 0 Å². The van der Waals surface area contributed by atoms with Gasteiger partial charge in [0, 0.05) is 31.7 Å². The quantitative estimate of drug-likeness (QED) is 0.940. The van der Waals surface area contributed by atoms with E-state index in [-0.39, 0.29) is 0 Å². The van der Waals surface area contributed by atoms with E-state index in [9.17, 15) is 4.79 Å². The van der Waals surface area contributed by atoms with Crippen LogP contribution in [0, 0.1) is 6.92 Å². The third kappa shape index (κ3) is 3.19. The fourth-order valence-corrected chi connectivity index (χ4v) is 2.90. The fourth-order valence-electron chi connectivity index (χ4n) is 2.90. The number of hydrogen-bond acceptors (Lipinski definition) is 4. The molecule has 1 aromatic carbocycles. The van der Waals surface area contributed by atoms with Gasteiger partial charge in [0.05, 0.1) is 11.3 Å². The second-order valence-electron chi connectivity index (χ2n) is 6.04. The molecule has 0 spiro atoms. The van der Waals surface area contributed by atoms with Gasteiger partial charge in [0.2, 0.25) is 0 Å². The summed E-state index contributed by atoms with van der Waals surface area (Å²) in [6, 6.07) is 11.6. The van der Waals surface area contributed by atoms with Crippen LogP contribution in [0.3, 0.4) is 0 Å². The van der Waals surface area contributed by atoms with Crippen LogP contribution in [-0.4, -0.2) is 49.0 Å². The minimum atomic E-state index is -0.444. The summed E-state index contributed by atoms with van der Waals surface area (Å²) in [4.78, 5) is 21.1. The molecule has 0 bridgehead atoms. The lowest BCUT2D eigenvalue weighted by molar-refractivity contribution is 0.100. The molecule has 2 aromatic rings. The average molecular weight is 310 g/mol. The second kappa shape index (κ2) is 6.38. The lowest BCUT2D eigenvalue weighted by Crippen LogP contribution is -2.44. The van der Waals surface area contributed by atoms with Crippen LogP contribution in [0.15, 0.2) is 36.4 Å². The molecule has 1 aromatic heterocycles. The summed E-state index contributed by atoms with van der Waals surface area (Å²) in [6.45, 7) is 5.92. The number of carbonyl (C=O) groups excluding carboxylic acids is 1. The Morgan fingerprint density at radius 1 is 1.09 bits per heavy atom. The molecule has 1 fully saturated rings. The SMILES string of the molecule is Cc1ccccc1-c1nc(N2CCN(C)CC2)ccc1C(N)=O. The summed E-state index contributed by atoms with van der Waals surface area (Å²) in [6.07, 6.45) is 0. The molecule has 1 aliphatic heterocycles. The summed E-state index contributed by atoms with van der Waals surface area (Å²) in [5, 5.41) is 0. The second-order valence-corrected chi connectivity index (χ2v) is 6.04. The van der Waals surface area contributed by atoms with Gasteiger partial charge in [0.25, 0.3) is 5.91 Å². The zero-order valence-electron chi connectivity index (χ0n) is 13.6. The topological polar surface area (TPSA) is 62.5 Å². The Kier molecular flexibility index (Phi) is 4.30. The summed E-state index contributed by atoms with van der Waals surface area (Å²) in [5.74, 6) is 0.460. The van der Waals surface area contributed by atoms with Crippen molar-refractivity contribution in [3.8, 4) is 11.3 Å². The minimum absolute atomic E-state index is 0.444. The Balaban J connectivity index is 2.04. The Morgan fingerprint density at radius 3 is 2.43 bits per heavy atom. The predicted octanol–water partition coefficient (Wildman–Crippen LogP) is 1.91. The van der Waals surface area contributed by atoms with Gasteiger partial charge in [-0.1, -0.05) is 24.3 Å². The van der Waals surface area contributed by atoms with Gasteiger partial charge in [-0.15, -0.1) is 0 Å². The van der Waals surface area contributed by atoms with Crippen molar-refractivity contribution in [3.63, 3.8) is 0 Å². The molecule has 2 N–H and O–H groups in total. The van der Waals surface area contributed by atoms with Gasteiger partial charge in [0.15, 0.2) is 0 Å². The Hall–Kier alpha value is -2.40. The number of benzene rings is 1. The van der Waals surface area contributed by atoms with Crippen molar-refractivity contribution >= 4 is 11.7 Å². The Labute approximate surface area is 136 Å². The van der Waals surface area contributed by atoms with E-state index < -0.39 is 5.91 Å². The van der Waals surface area contributed by atoms with E-state index in [1.54, 1.807) is 6.07 Å². The highest BCUT2D eigenvalue weighted by Crippen LogP contribution is 2.27. The van der Waals surface area contributed by atoms with Crippen LogP contribution in [0.2, 0.25) is 0 Å². The van der Waals surface area contributed by atoms with Gasteiger partial charge in [0.1, 0.15) is 5.82 Å². The van der Waals surface area contributed by atoms with E-state index in [4.69, 9.17) is 10.7 Å². The third-order valence-corrected chi connectivity index (χ3v) is 4.37.